The molecule has 0 aliphatic carbocycles. The Kier molecular flexibility index (Phi) is 4.86. The van der Waals surface area contributed by atoms with Crippen LogP contribution >= 0.6 is 12.6 Å². The highest BCUT2D eigenvalue weighted by atomic mass is 32.2. The van der Waals surface area contributed by atoms with E-state index in [2.05, 4.69) is 17.6 Å². The van der Waals surface area contributed by atoms with E-state index in [0.29, 0.717) is 17.0 Å². The summed E-state index contributed by atoms with van der Waals surface area (Å²) in [7, 11) is -3.82. The van der Waals surface area contributed by atoms with Crippen molar-refractivity contribution < 1.29 is 22.7 Å². The van der Waals surface area contributed by atoms with Gasteiger partial charge < -0.3 is 9.52 Å². The van der Waals surface area contributed by atoms with E-state index in [-0.39, 0.29) is 10.8 Å². The minimum absolute atomic E-state index is 0.0418. The lowest BCUT2D eigenvalue weighted by atomic mass is 10.1. The highest BCUT2D eigenvalue weighted by Crippen LogP contribution is 2.35. The number of sulfonamides is 1. The number of primary sulfonamides is 1. The maximum absolute atomic E-state index is 11.4. The second-order valence-electron chi connectivity index (χ2n) is 5.41. The summed E-state index contributed by atoms with van der Waals surface area (Å²) in [5.41, 5.74) is 1.68. The molecule has 2 aromatic carbocycles. The molecule has 26 heavy (non-hydrogen) atoms. The molecule has 1 atom stereocenters. The molecule has 134 valence electrons. The summed E-state index contributed by atoms with van der Waals surface area (Å²) in [6.45, 7) is 0. The van der Waals surface area contributed by atoms with Crippen LogP contribution in [0.5, 0.6) is 0 Å². The average molecular weight is 390 g/mol. The molecule has 0 bridgehead atoms. The number of benzene rings is 2. The van der Waals surface area contributed by atoms with Gasteiger partial charge in [-0.2, -0.15) is 12.6 Å². The summed E-state index contributed by atoms with van der Waals surface area (Å²) < 4.78 is 28.5. The van der Waals surface area contributed by atoms with Gasteiger partial charge in [0.15, 0.2) is 11.0 Å². The molecule has 0 aliphatic rings. The second-order valence-corrected chi connectivity index (χ2v) is 7.48. The highest BCUT2D eigenvalue weighted by Gasteiger charge is 2.25. The summed E-state index contributed by atoms with van der Waals surface area (Å²) in [5.74, 6) is -0.942. The van der Waals surface area contributed by atoms with Crippen molar-refractivity contribution in [2.75, 3.05) is 0 Å². The number of oxazole rings is 1. The minimum Gasteiger partial charge on any atom is -0.480 e. The first-order chi connectivity index (χ1) is 12.3. The van der Waals surface area contributed by atoms with Crippen molar-refractivity contribution >= 4 is 28.6 Å². The Bertz CT molecular complexity index is 1040. The van der Waals surface area contributed by atoms with Crippen LogP contribution in [0.2, 0.25) is 0 Å². The number of aliphatic carboxylic acids is 1. The molecule has 1 aromatic heterocycles. The van der Waals surface area contributed by atoms with Crippen LogP contribution in [-0.4, -0.2) is 24.5 Å². The summed E-state index contributed by atoms with van der Waals surface area (Å²) in [6.07, 6.45) is 0. The van der Waals surface area contributed by atoms with Gasteiger partial charge in [-0.25, -0.2) is 18.5 Å². The molecule has 0 fully saturated rings. The molecular weight excluding hydrogens is 376 g/mol. The summed E-state index contributed by atoms with van der Waals surface area (Å²) in [6, 6.07) is 14.8. The third kappa shape index (κ3) is 3.64. The van der Waals surface area contributed by atoms with Crippen LogP contribution in [-0.2, 0) is 14.8 Å². The van der Waals surface area contributed by atoms with E-state index < -0.39 is 21.2 Å². The Morgan fingerprint density at radius 1 is 1.08 bits per heavy atom. The van der Waals surface area contributed by atoms with E-state index in [4.69, 9.17) is 14.7 Å². The van der Waals surface area contributed by atoms with Crippen LogP contribution in [0, 0.1) is 0 Å². The van der Waals surface area contributed by atoms with E-state index in [0.717, 1.165) is 5.56 Å². The van der Waals surface area contributed by atoms with Crippen molar-refractivity contribution in [3.8, 4) is 22.6 Å². The molecule has 0 radical (unpaired) electrons. The first-order valence-electron chi connectivity index (χ1n) is 7.37. The van der Waals surface area contributed by atoms with Crippen molar-refractivity contribution in [1.82, 2.24) is 4.98 Å². The van der Waals surface area contributed by atoms with Gasteiger partial charge >= 0.3 is 5.97 Å². The smallest absolute Gasteiger partial charge is 0.325 e. The van der Waals surface area contributed by atoms with Gasteiger partial charge in [-0.15, -0.1) is 0 Å². The Labute approximate surface area is 155 Å². The lowest BCUT2D eigenvalue weighted by Gasteiger charge is -2.03. The Morgan fingerprint density at radius 3 is 2.23 bits per heavy atom. The molecular formula is C17H14N2O5S2. The monoisotopic (exact) mass is 390 g/mol. The number of hydrogen-bond acceptors (Lipinski definition) is 6. The number of thiol groups is 1. The van der Waals surface area contributed by atoms with Gasteiger partial charge in [-0.3, -0.25) is 4.79 Å². The molecule has 0 amide bonds. The normalized spacial score (nSPS) is 12.7. The number of nitrogens with two attached hydrogens (primary N) is 1. The first kappa shape index (κ1) is 18.2. The van der Waals surface area contributed by atoms with E-state index in [1.54, 1.807) is 12.1 Å². The Hall–Kier alpha value is -2.62. The molecule has 0 saturated carbocycles. The van der Waals surface area contributed by atoms with Crippen molar-refractivity contribution in [3.63, 3.8) is 0 Å². The maximum atomic E-state index is 11.4. The van der Waals surface area contributed by atoms with E-state index in [1.165, 1.54) is 24.3 Å². The van der Waals surface area contributed by atoms with Gasteiger partial charge in [-0.05, 0) is 24.3 Å². The summed E-state index contributed by atoms with van der Waals surface area (Å²) in [5, 5.41) is 13.0. The number of hydrogen-bond donors (Lipinski definition) is 3. The van der Waals surface area contributed by atoms with Crippen molar-refractivity contribution in [1.29, 1.82) is 0 Å². The minimum atomic E-state index is -3.82. The van der Waals surface area contributed by atoms with Gasteiger partial charge in [0.1, 0.15) is 5.69 Å². The van der Waals surface area contributed by atoms with Crippen LogP contribution < -0.4 is 5.14 Å². The van der Waals surface area contributed by atoms with Crippen molar-refractivity contribution in [2.24, 2.45) is 5.14 Å². The zero-order valence-electron chi connectivity index (χ0n) is 13.2. The second kappa shape index (κ2) is 6.94. The highest BCUT2D eigenvalue weighted by molar-refractivity contribution is 7.89. The maximum Gasteiger partial charge on any atom is 0.325 e. The van der Waals surface area contributed by atoms with Crippen LogP contribution in [0.1, 0.15) is 11.1 Å². The van der Waals surface area contributed by atoms with Gasteiger partial charge in [0.25, 0.3) is 0 Å². The van der Waals surface area contributed by atoms with Crippen LogP contribution in [0.25, 0.3) is 22.6 Å². The molecule has 1 unspecified atom stereocenters. The molecule has 9 heteroatoms. The van der Waals surface area contributed by atoms with Crippen molar-refractivity contribution in [3.05, 3.63) is 60.5 Å². The third-order valence-electron chi connectivity index (χ3n) is 3.60. The summed E-state index contributed by atoms with van der Waals surface area (Å²) >= 11 is 4.00. The zero-order valence-corrected chi connectivity index (χ0v) is 14.9. The molecule has 3 aromatic rings. The van der Waals surface area contributed by atoms with Crippen molar-refractivity contribution in [2.45, 2.75) is 10.1 Å². The number of nitrogens with zero attached hydrogens (tertiary/aromatic N) is 1. The third-order valence-corrected chi connectivity index (χ3v) is 4.97. The Balaban J connectivity index is 2.14. The molecule has 3 N–H and O–H groups in total. The molecule has 0 aliphatic heterocycles. The predicted octanol–water partition coefficient (Wildman–Crippen LogP) is 2.71. The Morgan fingerprint density at radius 2 is 1.69 bits per heavy atom. The van der Waals surface area contributed by atoms with Crippen LogP contribution in [0.15, 0.2) is 63.9 Å². The molecule has 1 heterocycles. The van der Waals surface area contributed by atoms with Crippen LogP contribution in [0.3, 0.4) is 0 Å². The fourth-order valence-corrected chi connectivity index (χ4v) is 2.97. The quantitative estimate of drug-likeness (QED) is 0.576. The standard InChI is InChI=1S/C17H14N2O5S2/c18-26(22,23)12-8-6-11(7-9-12)14-13(10-4-2-1-3-5-10)19-16(24-14)15(25)17(20)21/h1-9,15,25H,(H,20,21)(H2,18,22,23). The molecule has 0 spiro atoms. The largest absolute Gasteiger partial charge is 0.480 e. The van der Waals surface area contributed by atoms with Crippen LogP contribution in [0.4, 0.5) is 0 Å². The van der Waals surface area contributed by atoms with Gasteiger partial charge in [0, 0.05) is 11.1 Å². The predicted molar refractivity (Wildman–Crippen MR) is 98.1 cm³/mol. The lowest BCUT2D eigenvalue weighted by molar-refractivity contribution is -0.136. The van der Waals surface area contributed by atoms with Gasteiger partial charge in [-0.1, -0.05) is 30.3 Å². The summed E-state index contributed by atoms with van der Waals surface area (Å²) in [4.78, 5) is 15.4. The topological polar surface area (TPSA) is 123 Å². The first-order valence-corrected chi connectivity index (χ1v) is 9.44. The number of rotatable bonds is 5. The number of carboxylic acids is 1. The number of carbonyl (C=O) groups is 1. The fraction of sp³-hybridized carbons (Fsp3) is 0.0588. The van der Waals surface area contributed by atoms with Gasteiger partial charge in [0.05, 0.1) is 4.90 Å². The van der Waals surface area contributed by atoms with E-state index in [9.17, 15) is 13.2 Å². The van der Waals surface area contributed by atoms with E-state index in [1.807, 2.05) is 18.2 Å². The van der Waals surface area contributed by atoms with Gasteiger partial charge in [0.2, 0.25) is 15.9 Å². The lowest BCUT2D eigenvalue weighted by Crippen LogP contribution is -2.11. The zero-order chi connectivity index (χ0) is 18.9. The molecule has 0 saturated heterocycles. The average Bonchev–Trinajstić information content (AvgIpc) is 3.06. The molecule has 7 nitrogen and oxygen atoms in total. The van der Waals surface area contributed by atoms with E-state index >= 15 is 0 Å². The molecule has 3 rings (SSSR count). The SMILES string of the molecule is NS(=O)(=O)c1ccc(-c2oc(C(S)C(=O)O)nc2-c2ccccc2)cc1. The number of carboxylic acid groups (broad SMARTS) is 1. The fourth-order valence-electron chi connectivity index (χ4n) is 2.34. The number of aromatic nitrogens is 1.